The standard InChI is InChI=1S/C10H11BrF2NO4PS/c11-7-3-6(4-20-5-9(14)15)1-2-8(7)18-19(16,17)10(12)13/h1-3,10H,4-5H2,(H2,14,15)(H,16,17). The van der Waals surface area contributed by atoms with Crippen LogP contribution < -0.4 is 10.3 Å². The quantitative estimate of drug-likeness (QED) is 0.699. The van der Waals surface area contributed by atoms with Crippen LogP contribution >= 0.6 is 35.3 Å². The number of amides is 1. The Balaban J connectivity index is 2.73. The molecule has 0 saturated carbocycles. The van der Waals surface area contributed by atoms with Crippen LogP contribution in [0.4, 0.5) is 8.78 Å². The molecule has 0 aromatic heterocycles. The van der Waals surface area contributed by atoms with Gasteiger partial charge >= 0.3 is 13.8 Å². The second kappa shape index (κ2) is 7.40. The Morgan fingerprint density at radius 2 is 2.20 bits per heavy atom. The van der Waals surface area contributed by atoms with Gasteiger partial charge in [0.15, 0.2) is 0 Å². The van der Waals surface area contributed by atoms with Crippen molar-refractivity contribution in [3.05, 3.63) is 28.2 Å². The highest BCUT2D eigenvalue weighted by atomic mass is 79.9. The van der Waals surface area contributed by atoms with Gasteiger partial charge in [0.1, 0.15) is 5.75 Å². The Kier molecular flexibility index (Phi) is 6.44. The molecule has 0 saturated heterocycles. The molecule has 1 aromatic carbocycles. The summed E-state index contributed by atoms with van der Waals surface area (Å²) in [5.74, 6) is 0.0487. The van der Waals surface area contributed by atoms with E-state index in [0.29, 0.717) is 5.75 Å². The normalized spacial score (nSPS) is 14.1. The van der Waals surface area contributed by atoms with Gasteiger partial charge in [-0.3, -0.25) is 4.79 Å². The number of nitrogens with two attached hydrogens (primary N) is 1. The van der Waals surface area contributed by atoms with Gasteiger partial charge in [-0.2, -0.15) is 8.78 Å². The number of halogens is 3. The topological polar surface area (TPSA) is 89.6 Å². The van der Waals surface area contributed by atoms with Gasteiger partial charge in [0.05, 0.1) is 10.2 Å². The van der Waals surface area contributed by atoms with Gasteiger partial charge in [-0.15, -0.1) is 11.8 Å². The van der Waals surface area contributed by atoms with Gasteiger partial charge in [0, 0.05) is 5.75 Å². The molecular weight excluding hydrogens is 379 g/mol. The van der Waals surface area contributed by atoms with Crippen molar-refractivity contribution in [3.8, 4) is 5.75 Å². The van der Waals surface area contributed by atoms with Gasteiger partial charge < -0.3 is 15.2 Å². The van der Waals surface area contributed by atoms with Crippen LogP contribution in [0.5, 0.6) is 5.75 Å². The summed E-state index contributed by atoms with van der Waals surface area (Å²) in [6.07, 6.45) is -3.47. The molecule has 1 aromatic rings. The zero-order valence-electron chi connectivity index (χ0n) is 9.96. The van der Waals surface area contributed by atoms with Gasteiger partial charge in [0.2, 0.25) is 5.91 Å². The first kappa shape index (κ1) is 17.4. The van der Waals surface area contributed by atoms with Crippen LogP contribution in [0.25, 0.3) is 0 Å². The monoisotopic (exact) mass is 389 g/mol. The van der Waals surface area contributed by atoms with E-state index in [9.17, 15) is 18.1 Å². The molecule has 112 valence electrons. The number of rotatable bonds is 7. The molecule has 0 heterocycles. The minimum atomic E-state index is -4.99. The third-order valence-corrected chi connectivity index (χ3v) is 4.58. The number of carbonyl (C=O) groups is 1. The van der Waals surface area contributed by atoms with Crippen LogP contribution in [0.1, 0.15) is 5.56 Å². The number of carbonyl (C=O) groups excluding carboxylic acids is 1. The minimum Gasteiger partial charge on any atom is -0.420 e. The summed E-state index contributed by atoms with van der Waals surface area (Å²) in [5.41, 5.74) is 5.77. The molecule has 0 bridgehead atoms. The van der Waals surface area contributed by atoms with Crippen molar-refractivity contribution in [1.82, 2.24) is 0 Å². The van der Waals surface area contributed by atoms with E-state index in [1.54, 1.807) is 12.1 Å². The van der Waals surface area contributed by atoms with Crippen molar-refractivity contribution in [1.29, 1.82) is 0 Å². The summed E-state index contributed by atoms with van der Waals surface area (Å²) in [7, 11) is -4.99. The molecule has 20 heavy (non-hydrogen) atoms. The Morgan fingerprint density at radius 3 is 2.70 bits per heavy atom. The Labute approximate surface area is 126 Å². The van der Waals surface area contributed by atoms with Gasteiger partial charge in [-0.1, -0.05) is 6.07 Å². The maximum Gasteiger partial charge on any atom is 0.442 e. The molecule has 0 aliphatic carbocycles. The molecule has 0 aliphatic rings. The largest absolute Gasteiger partial charge is 0.442 e. The van der Waals surface area contributed by atoms with Crippen LogP contribution in [0.3, 0.4) is 0 Å². The van der Waals surface area contributed by atoms with E-state index in [4.69, 9.17) is 10.6 Å². The number of alkyl halides is 2. The van der Waals surface area contributed by atoms with E-state index in [2.05, 4.69) is 20.5 Å². The van der Waals surface area contributed by atoms with E-state index in [-0.39, 0.29) is 16.0 Å². The summed E-state index contributed by atoms with van der Waals surface area (Å²) in [4.78, 5) is 19.5. The molecule has 0 radical (unpaired) electrons. The lowest BCUT2D eigenvalue weighted by molar-refractivity contribution is -0.115. The van der Waals surface area contributed by atoms with E-state index in [0.717, 1.165) is 5.56 Å². The predicted molar refractivity (Wildman–Crippen MR) is 76.0 cm³/mol. The van der Waals surface area contributed by atoms with Gasteiger partial charge in [-0.25, -0.2) is 4.57 Å². The van der Waals surface area contributed by atoms with Crippen molar-refractivity contribution >= 4 is 41.2 Å². The lowest BCUT2D eigenvalue weighted by atomic mass is 10.2. The van der Waals surface area contributed by atoms with Crippen LogP contribution in [0, 0.1) is 0 Å². The fourth-order valence-corrected chi connectivity index (χ4v) is 3.03. The molecule has 1 atom stereocenters. The van der Waals surface area contributed by atoms with Crippen LogP contribution in [-0.2, 0) is 15.1 Å². The zero-order chi connectivity index (χ0) is 15.3. The van der Waals surface area contributed by atoms with Crippen molar-refractivity contribution in [2.24, 2.45) is 5.73 Å². The van der Waals surface area contributed by atoms with E-state index >= 15 is 0 Å². The minimum absolute atomic E-state index is 0.153. The zero-order valence-corrected chi connectivity index (χ0v) is 13.3. The fourth-order valence-electron chi connectivity index (χ4n) is 1.16. The maximum absolute atomic E-state index is 12.3. The smallest absolute Gasteiger partial charge is 0.420 e. The van der Waals surface area contributed by atoms with Crippen molar-refractivity contribution in [2.45, 2.75) is 11.9 Å². The molecule has 5 nitrogen and oxygen atoms in total. The summed E-state index contributed by atoms with van der Waals surface area (Å²) in [6, 6.07) is 4.39. The molecule has 1 rings (SSSR count). The Hall–Kier alpha value is -0.630. The van der Waals surface area contributed by atoms with E-state index < -0.39 is 19.7 Å². The maximum atomic E-state index is 12.3. The van der Waals surface area contributed by atoms with Crippen LogP contribution in [-0.4, -0.2) is 22.7 Å². The first-order valence-corrected chi connectivity index (χ1v) is 8.76. The predicted octanol–water partition coefficient (Wildman–Crippen LogP) is 2.95. The van der Waals surface area contributed by atoms with Crippen LogP contribution in [0.15, 0.2) is 22.7 Å². The van der Waals surface area contributed by atoms with Gasteiger partial charge in [0.25, 0.3) is 0 Å². The Bertz CT molecular complexity index is 546. The number of thioether (sulfide) groups is 1. The highest BCUT2D eigenvalue weighted by Crippen LogP contribution is 2.50. The Morgan fingerprint density at radius 1 is 1.55 bits per heavy atom. The average Bonchev–Trinajstić information content (AvgIpc) is 2.31. The fraction of sp³-hybridized carbons (Fsp3) is 0.300. The molecule has 0 aliphatic heterocycles. The third-order valence-electron chi connectivity index (χ3n) is 1.99. The lowest BCUT2D eigenvalue weighted by Gasteiger charge is -2.14. The molecule has 0 fully saturated rings. The number of hydrogen-bond donors (Lipinski definition) is 2. The first-order valence-electron chi connectivity index (χ1n) is 5.17. The molecule has 0 spiro atoms. The average molecular weight is 390 g/mol. The second-order valence-corrected chi connectivity index (χ2v) is 7.20. The van der Waals surface area contributed by atoms with Crippen molar-refractivity contribution in [2.75, 3.05) is 5.75 Å². The summed E-state index contributed by atoms with van der Waals surface area (Å²) >= 11 is 4.35. The van der Waals surface area contributed by atoms with E-state index in [1.807, 2.05) is 0 Å². The highest BCUT2D eigenvalue weighted by molar-refractivity contribution is 9.10. The van der Waals surface area contributed by atoms with Crippen molar-refractivity contribution < 1.29 is 27.6 Å². The molecular formula is C10H11BrF2NO4PS. The SMILES string of the molecule is NC(=O)CSCc1ccc(OP(=O)(O)C(F)F)c(Br)c1. The molecule has 1 unspecified atom stereocenters. The second-order valence-electron chi connectivity index (χ2n) is 3.66. The highest BCUT2D eigenvalue weighted by Gasteiger charge is 2.34. The summed E-state index contributed by atoms with van der Waals surface area (Å²) in [6.45, 7) is 0. The first-order chi connectivity index (χ1) is 9.22. The number of primary amides is 1. The van der Waals surface area contributed by atoms with Gasteiger partial charge in [-0.05, 0) is 33.6 Å². The molecule has 3 N–H and O–H groups in total. The summed E-state index contributed by atoms with van der Waals surface area (Å²) in [5, 5.41) is 0. The molecule has 10 heteroatoms. The summed E-state index contributed by atoms with van der Waals surface area (Å²) < 4.78 is 40.3. The van der Waals surface area contributed by atoms with E-state index in [1.165, 1.54) is 17.8 Å². The van der Waals surface area contributed by atoms with Crippen LogP contribution in [0.2, 0.25) is 0 Å². The lowest BCUT2D eigenvalue weighted by Crippen LogP contribution is -2.13. The third kappa shape index (κ3) is 5.40. The van der Waals surface area contributed by atoms with Crippen molar-refractivity contribution in [3.63, 3.8) is 0 Å². The molecule has 1 amide bonds. The number of benzene rings is 1. The number of hydrogen-bond acceptors (Lipinski definition) is 4.